The van der Waals surface area contributed by atoms with E-state index in [4.69, 9.17) is 20.0 Å². The van der Waals surface area contributed by atoms with Crippen molar-refractivity contribution in [2.75, 3.05) is 32.2 Å². The number of aryl methyl sites for hydroxylation is 1. The molecule has 10 heteroatoms. The summed E-state index contributed by atoms with van der Waals surface area (Å²) in [4.78, 5) is 14.7. The smallest absolute Gasteiger partial charge is 0.271 e. The van der Waals surface area contributed by atoms with Crippen LogP contribution in [0.2, 0.25) is 0 Å². The maximum atomic E-state index is 12.8. The summed E-state index contributed by atoms with van der Waals surface area (Å²) in [7, 11) is 3.08. The molecular weight excluding hydrogens is 494 g/mol. The maximum Gasteiger partial charge on any atom is 0.271 e. The minimum atomic E-state index is -0.404. The highest BCUT2D eigenvalue weighted by Gasteiger charge is 2.16. The Hall–Kier alpha value is -5.22. The van der Waals surface area contributed by atoms with Crippen LogP contribution in [0.3, 0.4) is 0 Å². The SMILES string of the molecule is COc1cccc(N=N/C(=N/NC(=O)c2ccc(C)cc2)c2ccc(N(CCC#N)CCC#N)cc2OC)c1. The second kappa shape index (κ2) is 14.5. The van der Waals surface area contributed by atoms with E-state index >= 15 is 0 Å². The van der Waals surface area contributed by atoms with Crippen LogP contribution in [0.4, 0.5) is 11.4 Å². The Kier molecular flexibility index (Phi) is 10.5. The first-order chi connectivity index (χ1) is 19.0. The lowest BCUT2D eigenvalue weighted by molar-refractivity contribution is 0.0954. The number of azo groups is 1. The number of ether oxygens (including phenoxy) is 2. The van der Waals surface area contributed by atoms with Crippen molar-refractivity contribution in [3.63, 3.8) is 0 Å². The average molecular weight is 524 g/mol. The van der Waals surface area contributed by atoms with Gasteiger partial charge in [0, 0.05) is 36.5 Å². The van der Waals surface area contributed by atoms with E-state index in [1.54, 1.807) is 55.6 Å². The number of carbonyl (C=O) groups excluding carboxylic acids is 1. The predicted octanol–water partition coefficient (Wildman–Crippen LogP) is 5.52. The van der Waals surface area contributed by atoms with Gasteiger partial charge >= 0.3 is 0 Å². The molecule has 0 atom stereocenters. The van der Waals surface area contributed by atoms with Crippen LogP contribution in [0.25, 0.3) is 0 Å². The Morgan fingerprint density at radius 3 is 2.31 bits per heavy atom. The Balaban J connectivity index is 2.00. The number of carbonyl (C=O) groups is 1. The lowest BCUT2D eigenvalue weighted by atomic mass is 10.1. The molecule has 0 radical (unpaired) electrons. The number of hydrazone groups is 1. The standard InChI is InChI=1S/C29H29N7O3/c1-21-9-11-22(12-10-21)29(37)35-34-28(33-32-23-7-4-8-25(19-23)38-2)26-14-13-24(20-27(26)39-3)36(17-5-15-30)18-6-16-31/h4,7-14,19-20H,5-6,17-18H2,1-3H3,(H,35,37)/b33-32?,34-28+. The number of amides is 1. The molecule has 0 bridgehead atoms. The summed E-state index contributed by atoms with van der Waals surface area (Å²) in [6.07, 6.45) is 0.615. The normalized spacial score (nSPS) is 10.9. The minimum Gasteiger partial charge on any atom is -0.497 e. The lowest BCUT2D eigenvalue weighted by Crippen LogP contribution is -2.25. The molecule has 1 N–H and O–H groups in total. The van der Waals surface area contributed by atoms with Gasteiger partial charge in [-0.2, -0.15) is 10.5 Å². The van der Waals surface area contributed by atoms with Crippen LogP contribution in [0.1, 0.15) is 34.3 Å². The van der Waals surface area contributed by atoms with Crippen LogP contribution >= 0.6 is 0 Å². The minimum absolute atomic E-state index is 0.113. The third kappa shape index (κ3) is 8.14. The van der Waals surface area contributed by atoms with E-state index in [1.807, 2.05) is 30.0 Å². The topological polar surface area (TPSA) is 135 Å². The molecule has 0 aliphatic rings. The first kappa shape index (κ1) is 28.4. The van der Waals surface area contributed by atoms with Gasteiger partial charge < -0.3 is 14.4 Å². The number of hydrogen-bond acceptors (Lipinski definition) is 8. The molecule has 0 aliphatic heterocycles. The third-order valence-corrected chi connectivity index (χ3v) is 5.67. The molecule has 0 fully saturated rings. The molecule has 3 aromatic carbocycles. The molecular formula is C29H29N7O3. The molecule has 198 valence electrons. The fraction of sp³-hybridized carbons (Fsp3) is 0.241. The van der Waals surface area contributed by atoms with E-state index in [-0.39, 0.29) is 5.84 Å². The molecule has 0 aromatic heterocycles. The number of benzene rings is 3. The lowest BCUT2D eigenvalue weighted by Gasteiger charge is -2.23. The highest BCUT2D eigenvalue weighted by atomic mass is 16.5. The summed E-state index contributed by atoms with van der Waals surface area (Å²) in [6, 6.07) is 23.8. The first-order valence-electron chi connectivity index (χ1n) is 12.2. The fourth-order valence-corrected chi connectivity index (χ4v) is 3.59. The van der Waals surface area contributed by atoms with Gasteiger partial charge in [0.05, 0.1) is 50.5 Å². The number of methoxy groups -OCH3 is 2. The van der Waals surface area contributed by atoms with Gasteiger partial charge in [-0.05, 0) is 43.3 Å². The summed E-state index contributed by atoms with van der Waals surface area (Å²) in [5.74, 6) is 0.759. The number of nitriles is 2. The van der Waals surface area contributed by atoms with Crippen molar-refractivity contribution in [1.29, 1.82) is 10.5 Å². The average Bonchev–Trinajstić information content (AvgIpc) is 2.97. The molecule has 10 nitrogen and oxygen atoms in total. The summed E-state index contributed by atoms with van der Waals surface area (Å²) in [6.45, 7) is 2.86. The summed E-state index contributed by atoms with van der Waals surface area (Å²) >= 11 is 0. The molecule has 0 saturated heterocycles. The largest absolute Gasteiger partial charge is 0.497 e. The van der Waals surface area contributed by atoms with E-state index in [1.165, 1.54) is 7.11 Å². The van der Waals surface area contributed by atoms with E-state index in [0.717, 1.165) is 11.3 Å². The van der Waals surface area contributed by atoms with E-state index in [2.05, 4.69) is 32.9 Å². The zero-order valence-electron chi connectivity index (χ0n) is 22.1. The highest BCUT2D eigenvalue weighted by molar-refractivity contribution is 6.03. The quantitative estimate of drug-likeness (QED) is 0.152. The first-order valence-corrected chi connectivity index (χ1v) is 12.2. The molecule has 0 saturated carbocycles. The highest BCUT2D eigenvalue weighted by Crippen LogP contribution is 2.28. The van der Waals surface area contributed by atoms with Gasteiger partial charge in [-0.15, -0.1) is 15.3 Å². The number of anilines is 1. The molecule has 0 unspecified atom stereocenters. The van der Waals surface area contributed by atoms with E-state index in [0.29, 0.717) is 54.2 Å². The predicted molar refractivity (Wildman–Crippen MR) is 148 cm³/mol. The summed E-state index contributed by atoms with van der Waals surface area (Å²) in [5.41, 5.74) is 5.82. The maximum absolute atomic E-state index is 12.8. The number of rotatable bonds is 11. The van der Waals surface area contributed by atoms with Crippen LogP contribution < -0.4 is 19.8 Å². The van der Waals surface area contributed by atoms with Gasteiger partial charge in [-0.3, -0.25) is 4.79 Å². The van der Waals surface area contributed by atoms with Crippen molar-refractivity contribution in [2.45, 2.75) is 19.8 Å². The van der Waals surface area contributed by atoms with Gasteiger partial charge in [0.25, 0.3) is 5.91 Å². The zero-order valence-corrected chi connectivity index (χ0v) is 22.1. The van der Waals surface area contributed by atoms with Crippen LogP contribution in [0, 0.1) is 29.6 Å². The van der Waals surface area contributed by atoms with Gasteiger partial charge in [-0.1, -0.05) is 23.8 Å². The molecule has 1 amide bonds. The van der Waals surface area contributed by atoms with Crippen molar-refractivity contribution in [2.24, 2.45) is 15.3 Å². The van der Waals surface area contributed by atoms with Crippen LogP contribution in [0.15, 0.2) is 82.1 Å². The van der Waals surface area contributed by atoms with Crippen molar-refractivity contribution < 1.29 is 14.3 Å². The number of hydrogen-bond donors (Lipinski definition) is 1. The Bertz CT molecular complexity index is 1400. The molecule has 3 rings (SSSR count). The monoisotopic (exact) mass is 523 g/mol. The van der Waals surface area contributed by atoms with E-state index < -0.39 is 5.91 Å². The molecule has 3 aromatic rings. The summed E-state index contributed by atoms with van der Waals surface area (Å²) < 4.78 is 10.9. The fourth-order valence-electron chi connectivity index (χ4n) is 3.59. The number of nitrogens with zero attached hydrogens (tertiary/aromatic N) is 6. The molecule has 39 heavy (non-hydrogen) atoms. The van der Waals surface area contributed by atoms with Crippen LogP contribution in [-0.4, -0.2) is 39.1 Å². The zero-order chi connectivity index (χ0) is 28.0. The van der Waals surface area contributed by atoms with Crippen molar-refractivity contribution >= 4 is 23.1 Å². The van der Waals surface area contributed by atoms with Crippen molar-refractivity contribution in [1.82, 2.24) is 5.43 Å². The third-order valence-electron chi connectivity index (χ3n) is 5.67. The molecule has 0 spiro atoms. The number of nitrogens with one attached hydrogen (secondary N) is 1. The Morgan fingerprint density at radius 2 is 1.67 bits per heavy atom. The van der Waals surface area contributed by atoms with Gasteiger partial charge in [0.2, 0.25) is 5.84 Å². The summed E-state index contributed by atoms with van der Waals surface area (Å²) in [5, 5.41) is 31.0. The Morgan fingerprint density at radius 1 is 0.949 bits per heavy atom. The second-order valence-electron chi connectivity index (χ2n) is 8.33. The second-order valence-corrected chi connectivity index (χ2v) is 8.33. The van der Waals surface area contributed by atoms with Gasteiger partial charge in [0.15, 0.2) is 0 Å². The molecule has 0 heterocycles. The van der Waals surface area contributed by atoms with Crippen LogP contribution in [0.5, 0.6) is 11.5 Å². The number of amidine groups is 1. The molecule has 0 aliphatic carbocycles. The Labute approximate surface area is 227 Å². The van der Waals surface area contributed by atoms with Crippen molar-refractivity contribution in [3.05, 3.63) is 83.4 Å². The van der Waals surface area contributed by atoms with Crippen molar-refractivity contribution in [3.8, 4) is 23.6 Å². The van der Waals surface area contributed by atoms with Crippen LogP contribution in [-0.2, 0) is 0 Å². The van der Waals surface area contributed by atoms with E-state index in [9.17, 15) is 4.79 Å². The van der Waals surface area contributed by atoms with Gasteiger partial charge in [0.1, 0.15) is 11.5 Å². The van der Waals surface area contributed by atoms with Gasteiger partial charge in [-0.25, -0.2) is 5.43 Å².